The summed E-state index contributed by atoms with van der Waals surface area (Å²) in [5, 5.41) is 14.0. The number of benzene rings is 1. The lowest BCUT2D eigenvalue weighted by atomic mass is 10.0. The number of primary amides is 1. The van der Waals surface area contributed by atoms with Crippen molar-refractivity contribution in [2.75, 3.05) is 6.61 Å². The van der Waals surface area contributed by atoms with E-state index in [1.54, 1.807) is 11.3 Å². The summed E-state index contributed by atoms with van der Waals surface area (Å²) >= 11 is 1.60. The van der Waals surface area contributed by atoms with Crippen LogP contribution in [-0.4, -0.2) is 17.8 Å². The molecule has 2 aromatic rings. The van der Waals surface area contributed by atoms with Crippen molar-refractivity contribution in [3.63, 3.8) is 0 Å². The maximum Gasteiger partial charge on any atom is 0.404 e. The second-order valence-electron chi connectivity index (χ2n) is 4.36. The smallest absolute Gasteiger partial charge is 0.404 e. The van der Waals surface area contributed by atoms with Crippen LogP contribution in [0.2, 0.25) is 0 Å². The van der Waals surface area contributed by atoms with Gasteiger partial charge < -0.3 is 15.6 Å². The van der Waals surface area contributed by atoms with Gasteiger partial charge in [-0.15, -0.1) is 0 Å². The highest BCUT2D eigenvalue weighted by Crippen LogP contribution is 2.17. The normalized spacial score (nSPS) is 11.3. The largest absolute Gasteiger partial charge is 0.450 e. The minimum atomic E-state index is -0.836. The number of nitrogens with two attached hydrogens (primary N) is 1. The Morgan fingerprint density at radius 1 is 1.33 bits per heavy atom. The summed E-state index contributed by atoms with van der Waals surface area (Å²) in [7, 11) is 0. The lowest BCUT2D eigenvalue weighted by Gasteiger charge is -2.10. The molecule has 0 spiro atoms. The molecule has 0 fully saturated rings. The lowest BCUT2D eigenvalue weighted by molar-refractivity contribution is 0.111. The van der Waals surface area contributed by atoms with Crippen molar-refractivity contribution in [2.45, 2.75) is 12.5 Å². The molecule has 0 bridgehead atoms. The zero-order valence-electron chi connectivity index (χ0n) is 11.3. The fourth-order valence-electron chi connectivity index (χ4n) is 1.74. The Kier molecular flexibility index (Phi) is 5.38. The predicted octanol–water partition coefficient (Wildman–Crippen LogP) is 2.67. The van der Waals surface area contributed by atoms with Crippen LogP contribution >= 0.6 is 11.3 Å². The Balaban J connectivity index is 2.01. The van der Waals surface area contributed by atoms with Gasteiger partial charge in [-0.1, -0.05) is 24.0 Å². The third-order valence-corrected chi connectivity index (χ3v) is 3.46. The minimum Gasteiger partial charge on any atom is -0.450 e. The van der Waals surface area contributed by atoms with Gasteiger partial charge in [-0.3, -0.25) is 0 Å². The standard InChI is InChI=1S/C16H15NO3S/c17-16(19)20-8-6-15(18)14-3-1-2-12(10-14)4-5-13-7-9-21-11-13/h1-3,7,9-11,15,18H,6,8H2,(H2,17,19). The number of rotatable bonds is 4. The van der Waals surface area contributed by atoms with Gasteiger partial charge in [0.05, 0.1) is 12.7 Å². The van der Waals surface area contributed by atoms with Crippen molar-refractivity contribution >= 4 is 17.4 Å². The second kappa shape index (κ2) is 7.48. The molecule has 1 amide bonds. The van der Waals surface area contributed by atoms with E-state index in [-0.39, 0.29) is 6.61 Å². The summed E-state index contributed by atoms with van der Waals surface area (Å²) in [4.78, 5) is 10.5. The fraction of sp³-hybridized carbons (Fsp3) is 0.188. The molecule has 108 valence electrons. The molecule has 2 rings (SSSR count). The van der Waals surface area contributed by atoms with Gasteiger partial charge in [0.25, 0.3) is 0 Å². The number of thiophene rings is 1. The van der Waals surface area contributed by atoms with Crippen LogP contribution in [-0.2, 0) is 4.74 Å². The highest BCUT2D eigenvalue weighted by atomic mass is 32.1. The fourth-order valence-corrected chi connectivity index (χ4v) is 2.33. The predicted molar refractivity (Wildman–Crippen MR) is 81.9 cm³/mol. The molecular formula is C16H15NO3S. The van der Waals surface area contributed by atoms with Crippen molar-refractivity contribution in [3.8, 4) is 11.8 Å². The Labute approximate surface area is 127 Å². The number of amides is 1. The summed E-state index contributed by atoms with van der Waals surface area (Å²) in [6.45, 7) is 0.0846. The van der Waals surface area contributed by atoms with Crippen molar-refractivity contribution in [1.82, 2.24) is 0 Å². The second-order valence-corrected chi connectivity index (χ2v) is 5.14. The monoisotopic (exact) mass is 301 g/mol. The zero-order chi connectivity index (χ0) is 15.1. The van der Waals surface area contributed by atoms with E-state index in [4.69, 9.17) is 5.73 Å². The number of carbonyl (C=O) groups is 1. The SMILES string of the molecule is NC(=O)OCCC(O)c1cccc(C#Cc2ccsc2)c1. The molecule has 1 atom stereocenters. The van der Waals surface area contributed by atoms with E-state index < -0.39 is 12.2 Å². The molecule has 1 aromatic heterocycles. The zero-order valence-corrected chi connectivity index (χ0v) is 12.1. The van der Waals surface area contributed by atoms with Gasteiger partial charge in [0.15, 0.2) is 0 Å². The molecule has 0 saturated carbocycles. The van der Waals surface area contributed by atoms with Gasteiger partial charge in [0, 0.05) is 22.9 Å². The van der Waals surface area contributed by atoms with Crippen LogP contribution in [0.15, 0.2) is 41.1 Å². The van der Waals surface area contributed by atoms with Gasteiger partial charge in [-0.2, -0.15) is 11.3 Å². The molecule has 5 heteroatoms. The number of hydrogen-bond donors (Lipinski definition) is 2. The van der Waals surface area contributed by atoms with Crippen LogP contribution in [0.5, 0.6) is 0 Å². The summed E-state index contributed by atoms with van der Waals surface area (Å²) in [6.07, 6.45) is -1.26. The van der Waals surface area contributed by atoms with Gasteiger partial charge in [0.1, 0.15) is 0 Å². The number of carbonyl (C=O) groups excluding carboxylic acids is 1. The summed E-state index contributed by atoms with van der Waals surface area (Å²) < 4.78 is 4.61. The third kappa shape index (κ3) is 4.95. The topological polar surface area (TPSA) is 72.6 Å². The molecule has 1 heterocycles. The van der Waals surface area contributed by atoms with E-state index in [1.807, 2.05) is 41.1 Å². The highest BCUT2D eigenvalue weighted by molar-refractivity contribution is 7.08. The van der Waals surface area contributed by atoms with Crippen molar-refractivity contribution in [2.24, 2.45) is 5.73 Å². The van der Waals surface area contributed by atoms with E-state index in [0.717, 1.165) is 16.7 Å². The highest BCUT2D eigenvalue weighted by Gasteiger charge is 2.08. The molecule has 21 heavy (non-hydrogen) atoms. The average Bonchev–Trinajstić information content (AvgIpc) is 2.98. The quantitative estimate of drug-likeness (QED) is 0.853. The van der Waals surface area contributed by atoms with Crippen LogP contribution < -0.4 is 5.73 Å². The Morgan fingerprint density at radius 2 is 2.14 bits per heavy atom. The molecule has 1 unspecified atom stereocenters. The number of aliphatic hydroxyl groups excluding tert-OH is 1. The van der Waals surface area contributed by atoms with Gasteiger partial charge in [-0.05, 0) is 29.1 Å². The number of ether oxygens (including phenoxy) is 1. The first kappa shape index (κ1) is 15.1. The molecule has 0 radical (unpaired) electrons. The molecule has 3 N–H and O–H groups in total. The van der Waals surface area contributed by atoms with Crippen LogP contribution in [0.1, 0.15) is 29.2 Å². The maximum atomic E-state index is 10.5. The summed E-state index contributed by atoms with van der Waals surface area (Å²) in [5.74, 6) is 6.11. The maximum absolute atomic E-state index is 10.5. The first-order chi connectivity index (χ1) is 10.1. The van der Waals surface area contributed by atoms with Crippen molar-refractivity contribution in [3.05, 3.63) is 57.8 Å². The van der Waals surface area contributed by atoms with E-state index in [0.29, 0.717) is 6.42 Å². The Hall–Kier alpha value is -2.29. The van der Waals surface area contributed by atoms with Gasteiger partial charge in [0.2, 0.25) is 0 Å². The minimum absolute atomic E-state index is 0.0846. The summed E-state index contributed by atoms with van der Waals surface area (Å²) in [6, 6.07) is 9.32. The van der Waals surface area contributed by atoms with E-state index in [9.17, 15) is 9.90 Å². The van der Waals surface area contributed by atoms with Crippen molar-refractivity contribution in [1.29, 1.82) is 0 Å². The van der Waals surface area contributed by atoms with Crippen LogP contribution in [0.4, 0.5) is 4.79 Å². The van der Waals surface area contributed by atoms with Crippen molar-refractivity contribution < 1.29 is 14.6 Å². The molecule has 0 aliphatic heterocycles. The molecule has 0 aliphatic rings. The van der Waals surface area contributed by atoms with Crippen LogP contribution in [0, 0.1) is 11.8 Å². The number of aliphatic hydroxyl groups is 1. The Bertz CT molecular complexity index is 656. The molecule has 0 saturated heterocycles. The Morgan fingerprint density at radius 3 is 2.86 bits per heavy atom. The summed E-state index contributed by atoms with van der Waals surface area (Å²) in [5.41, 5.74) is 7.40. The van der Waals surface area contributed by atoms with E-state index in [2.05, 4.69) is 16.6 Å². The average molecular weight is 301 g/mol. The van der Waals surface area contributed by atoms with Crippen LogP contribution in [0.25, 0.3) is 0 Å². The lowest BCUT2D eigenvalue weighted by Crippen LogP contribution is -2.15. The molecule has 4 nitrogen and oxygen atoms in total. The number of hydrogen-bond acceptors (Lipinski definition) is 4. The molecule has 1 aromatic carbocycles. The van der Waals surface area contributed by atoms with E-state index in [1.165, 1.54) is 0 Å². The third-order valence-electron chi connectivity index (χ3n) is 2.78. The van der Waals surface area contributed by atoms with Crippen LogP contribution in [0.3, 0.4) is 0 Å². The first-order valence-corrected chi connectivity index (χ1v) is 7.34. The molecule has 0 aliphatic carbocycles. The first-order valence-electron chi connectivity index (χ1n) is 6.39. The van der Waals surface area contributed by atoms with Gasteiger partial charge in [-0.25, -0.2) is 4.79 Å². The van der Waals surface area contributed by atoms with E-state index >= 15 is 0 Å². The molecular weight excluding hydrogens is 286 g/mol. The van der Waals surface area contributed by atoms with Gasteiger partial charge >= 0.3 is 6.09 Å².